The predicted molar refractivity (Wildman–Crippen MR) is 91.9 cm³/mol. The van der Waals surface area contributed by atoms with Crippen LogP contribution in [0.25, 0.3) is 0 Å². The number of ether oxygens (including phenoxy) is 1. The number of amides is 2. The van der Waals surface area contributed by atoms with Crippen LogP contribution in [0.3, 0.4) is 0 Å². The van der Waals surface area contributed by atoms with Crippen molar-refractivity contribution in [1.29, 1.82) is 0 Å². The van der Waals surface area contributed by atoms with Crippen molar-refractivity contribution in [3.63, 3.8) is 0 Å². The molecule has 0 bridgehead atoms. The Morgan fingerprint density at radius 3 is 2.56 bits per heavy atom. The van der Waals surface area contributed by atoms with E-state index in [4.69, 9.17) is 16.3 Å². The molecular formula is C17H13ClN4O3. The molecule has 0 aromatic heterocycles. The van der Waals surface area contributed by atoms with E-state index in [1.807, 2.05) is 0 Å². The van der Waals surface area contributed by atoms with E-state index in [2.05, 4.69) is 10.3 Å². The third kappa shape index (κ3) is 2.44. The fraction of sp³-hybridized carbons (Fsp3) is 0.176. The molecule has 1 saturated heterocycles. The zero-order valence-corrected chi connectivity index (χ0v) is 13.9. The van der Waals surface area contributed by atoms with Crippen LogP contribution in [0.4, 0.5) is 11.4 Å². The van der Waals surface area contributed by atoms with Crippen molar-refractivity contribution in [1.82, 2.24) is 0 Å². The molecule has 0 N–H and O–H groups in total. The quantitative estimate of drug-likeness (QED) is 0.792. The van der Waals surface area contributed by atoms with Crippen molar-refractivity contribution >= 4 is 34.8 Å². The molecule has 2 heterocycles. The lowest BCUT2D eigenvalue weighted by molar-refractivity contribution is -0.121. The highest BCUT2D eigenvalue weighted by molar-refractivity contribution is 6.31. The predicted octanol–water partition coefficient (Wildman–Crippen LogP) is 2.85. The Morgan fingerprint density at radius 2 is 1.80 bits per heavy atom. The smallest absolute Gasteiger partial charge is 0.263 e. The lowest BCUT2D eigenvalue weighted by Gasteiger charge is -2.21. The Morgan fingerprint density at radius 1 is 1.04 bits per heavy atom. The molecule has 0 aliphatic carbocycles. The average Bonchev–Trinajstić information content (AvgIpc) is 3.16. The van der Waals surface area contributed by atoms with Gasteiger partial charge in [-0.2, -0.15) is 5.11 Å². The topological polar surface area (TPSA) is 74.6 Å². The number of rotatable bonds is 3. The summed E-state index contributed by atoms with van der Waals surface area (Å²) in [7, 11) is 1.55. The van der Waals surface area contributed by atoms with Crippen LogP contribution in [0.1, 0.15) is 0 Å². The van der Waals surface area contributed by atoms with E-state index in [1.165, 1.54) is 5.01 Å². The number of hydrogen-bond donors (Lipinski definition) is 0. The summed E-state index contributed by atoms with van der Waals surface area (Å²) in [5, 5.41) is 9.93. The molecule has 4 rings (SSSR count). The number of carbonyl (C=O) groups is 2. The average molecular weight is 357 g/mol. The van der Waals surface area contributed by atoms with Gasteiger partial charge in [-0.25, -0.2) is 9.91 Å². The van der Waals surface area contributed by atoms with E-state index in [1.54, 1.807) is 55.6 Å². The first-order valence-electron chi connectivity index (χ1n) is 7.57. The molecule has 8 heteroatoms. The number of carbonyl (C=O) groups excluding carboxylic acids is 2. The van der Waals surface area contributed by atoms with Gasteiger partial charge in [-0.3, -0.25) is 9.59 Å². The normalized spacial score (nSPS) is 21.8. The molecule has 1 fully saturated rings. The molecule has 126 valence electrons. The first-order chi connectivity index (χ1) is 12.1. The molecule has 2 aliphatic heterocycles. The van der Waals surface area contributed by atoms with Crippen LogP contribution in [-0.4, -0.2) is 31.0 Å². The number of benzene rings is 2. The van der Waals surface area contributed by atoms with Gasteiger partial charge in [0.25, 0.3) is 11.8 Å². The molecule has 2 atom stereocenters. The second-order valence-corrected chi connectivity index (χ2v) is 6.07. The van der Waals surface area contributed by atoms with E-state index in [0.29, 0.717) is 22.1 Å². The number of fused-ring (bicyclic) bond motifs is 1. The van der Waals surface area contributed by atoms with Gasteiger partial charge in [0.1, 0.15) is 5.75 Å². The van der Waals surface area contributed by atoms with Gasteiger partial charge in [0.15, 0.2) is 12.1 Å². The zero-order chi connectivity index (χ0) is 17.6. The minimum Gasteiger partial charge on any atom is -0.497 e. The van der Waals surface area contributed by atoms with Gasteiger partial charge < -0.3 is 4.74 Å². The Hall–Kier alpha value is -2.93. The van der Waals surface area contributed by atoms with Crippen molar-refractivity contribution in [2.24, 2.45) is 10.3 Å². The molecule has 25 heavy (non-hydrogen) atoms. The van der Waals surface area contributed by atoms with Crippen LogP contribution >= 0.6 is 11.6 Å². The van der Waals surface area contributed by atoms with Crippen molar-refractivity contribution in [3.8, 4) is 5.75 Å². The number of halogens is 1. The Bertz CT molecular complexity index is 901. The Labute approximate surface area is 148 Å². The number of imide groups is 1. The minimum atomic E-state index is -0.863. The van der Waals surface area contributed by atoms with Crippen molar-refractivity contribution in [3.05, 3.63) is 53.6 Å². The third-order valence-electron chi connectivity index (χ3n) is 4.17. The molecule has 2 amide bonds. The van der Waals surface area contributed by atoms with Gasteiger partial charge in [-0.05, 0) is 30.3 Å². The minimum absolute atomic E-state index is 0.384. The summed E-state index contributed by atoms with van der Waals surface area (Å²) in [4.78, 5) is 26.7. The first-order valence-corrected chi connectivity index (χ1v) is 7.95. The van der Waals surface area contributed by atoms with Crippen LogP contribution < -0.4 is 14.6 Å². The highest BCUT2D eigenvalue weighted by atomic mass is 35.5. The summed E-state index contributed by atoms with van der Waals surface area (Å²) in [6.07, 6.45) is 0. The lowest BCUT2D eigenvalue weighted by atomic mass is 10.1. The summed E-state index contributed by atoms with van der Waals surface area (Å²) < 4.78 is 5.20. The van der Waals surface area contributed by atoms with E-state index in [-0.39, 0.29) is 5.91 Å². The van der Waals surface area contributed by atoms with E-state index >= 15 is 0 Å². The second-order valence-electron chi connectivity index (χ2n) is 5.63. The number of methoxy groups -OCH3 is 1. The highest BCUT2D eigenvalue weighted by Gasteiger charge is 2.55. The van der Waals surface area contributed by atoms with Crippen LogP contribution in [0.15, 0.2) is 58.9 Å². The molecule has 7 nitrogen and oxygen atoms in total. The van der Waals surface area contributed by atoms with E-state index < -0.39 is 18.0 Å². The fourth-order valence-electron chi connectivity index (χ4n) is 3.00. The zero-order valence-electron chi connectivity index (χ0n) is 13.2. The maximum atomic E-state index is 12.9. The standard InChI is InChI=1S/C17H13ClN4O3/c1-25-13-7-3-6-12(9-13)22-15-14(19-20-22)16(23)21(17(15)24)11-5-2-4-10(18)8-11/h2-9,14-15H,1H3/t14-,15-/m1/s1. The van der Waals surface area contributed by atoms with Gasteiger partial charge in [-0.15, -0.1) is 0 Å². The molecule has 0 saturated carbocycles. The summed E-state index contributed by atoms with van der Waals surface area (Å²) in [6.45, 7) is 0. The summed E-state index contributed by atoms with van der Waals surface area (Å²) in [6, 6.07) is 12.0. The summed E-state index contributed by atoms with van der Waals surface area (Å²) >= 11 is 5.98. The molecule has 0 spiro atoms. The molecule has 2 aromatic carbocycles. The van der Waals surface area contributed by atoms with Crippen LogP contribution in [0.5, 0.6) is 5.75 Å². The fourth-order valence-corrected chi connectivity index (χ4v) is 3.18. The summed E-state index contributed by atoms with van der Waals surface area (Å²) in [5.41, 5.74) is 1.06. The lowest BCUT2D eigenvalue weighted by Crippen LogP contribution is -2.39. The largest absolute Gasteiger partial charge is 0.497 e. The van der Waals surface area contributed by atoms with Crippen molar-refractivity contribution < 1.29 is 14.3 Å². The van der Waals surface area contributed by atoms with Gasteiger partial charge in [0.05, 0.1) is 18.5 Å². The van der Waals surface area contributed by atoms with Crippen LogP contribution in [0.2, 0.25) is 5.02 Å². The molecule has 0 unspecified atom stereocenters. The summed E-state index contributed by atoms with van der Waals surface area (Å²) in [5.74, 6) is -0.170. The van der Waals surface area contributed by atoms with Gasteiger partial charge >= 0.3 is 0 Å². The van der Waals surface area contributed by atoms with E-state index in [0.717, 1.165) is 4.90 Å². The molecular weight excluding hydrogens is 344 g/mol. The maximum Gasteiger partial charge on any atom is 0.263 e. The van der Waals surface area contributed by atoms with Crippen molar-refractivity contribution in [2.75, 3.05) is 17.0 Å². The Balaban J connectivity index is 1.70. The molecule has 0 radical (unpaired) electrons. The van der Waals surface area contributed by atoms with Crippen LogP contribution in [0, 0.1) is 0 Å². The highest BCUT2D eigenvalue weighted by Crippen LogP contribution is 2.36. The Kier molecular flexibility index (Phi) is 3.65. The first kappa shape index (κ1) is 15.6. The van der Waals surface area contributed by atoms with Gasteiger partial charge in [0.2, 0.25) is 0 Å². The van der Waals surface area contributed by atoms with Crippen molar-refractivity contribution in [2.45, 2.75) is 12.1 Å². The maximum absolute atomic E-state index is 12.9. The van der Waals surface area contributed by atoms with Gasteiger partial charge in [0, 0.05) is 11.1 Å². The monoisotopic (exact) mass is 356 g/mol. The number of anilines is 2. The molecule has 2 aliphatic rings. The second kappa shape index (κ2) is 5.86. The third-order valence-corrected chi connectivity index (χ3v) is 4.40. The van der Waals surface area contributed by atoms with Crippen LogP contribution in [-0.2, 0) is 9.59 Å². The SMILES string of the molecule is COc1cccc(N2N=N[C@H]3C(=O)N(c4cccc(Cl)c4)C(=O)[C@@H]32)c1. The molecule has 2 aromatic rings. The van der Waals surface area contributed by atoms with Gasteiger partial charge in [-0.1, -0.05) is 29.0 Å². The van der Waals surface area contributed by atoms with E-state index in [9.17, 15) is 9.59 Å². The number of hydrogen-bond acceptors (Lipinski definition) is 6. The number of nitrogens with zero attached hydrogens (tertiary/aromatic N) is 4.